The summed E-state index contributed by atoms with van der Waals surface area (Å²) in [5, 5.41) is 7.56. The van der Waals surface area contributed by atoms with Crippen LogP contribution in [0.15, 0.2) is 12.4 Å². The van der Waals surface area contributed by atoms with Crippen LogP contribution in [0.4, 0.5) is 0 Å². The van der Waals surface area contributed by atoms with Crippen molar-refractivity contribution in [1.82, 2.24) is 15.1 Å². The quantitative estimate of drug-likeness (QED) is 0.733. The number of aromatic nitrogens is 2. The van der Waals surface area contributed by atoms with E-state index < -0.39 is 0 Å². The predicted molar refractivity (Wildman–Crippen MR) is 63.4 cm³/mol. The summed E-state index contributed by atoms with van der Waals surface area (Å²) in [6.07, 6.45) is 7.63. The first-order valence-electron chi connectivity index (χ1n) is 6.12. The molecule has 1 aromatic heterocycles. The van der Waals surface area contributed by atoms with E-state index in [1.54, 1.807) is 0 Å². The van der Waals surface area contributed by atoms with E-state index in [4.69, 9.17) is 4.74 Å². The normalized spacial score (nSPS) is 20.4. The number of nitrogens with one attached hydrogen (secondary N) is 1. The zero-order valence-corrected chi connectivity index (χ0v) is 9.98. The van der Waals surface area contributed by atoms with Crippen LogP contribution in [0.2, 0.25) is 0 Å². The molecule has 16 heavy (non-hydrogen) atoms. The van der Waals surface area contributed by atoms with Gasteiger partial charge in [0, 0.05) is 25.3 Å². The highest BCUT2D eigenvalue weighted by atomic mass is 16.5. The van der Waals surface area contributed by atoms with Gasteiger partial charge in [-0.25, -0.2) is 0 Å². The maximum Gasteiger partial charge on any atom is 0.0521 e. The molecule has 1 saturated heterocycles. The third kappa shape index (κ3) is 3.32. The number of rotatable bonds is 6. The molecule has 0 spiro atoms. The molecule has 1 fully saturated rings. The van der Waals surface area contributed by atoms with E-state index >= 15 is 0 Å². The summed E-state index contributed by atoms with van der Waals surface area (Å²) in [4.78, 5) is 0. The van der Waals surface area contributed by atoms with Crippen molar-refractivity contribution in [3.05, 3.63) is 18.0 Å². The Morgan fingerprint density at radius 3 is 3.31 bits per heavy atom. The maximum absolute atomic E-state index is 5.37. The van der Waals surface area contributed by atoms with Crippen LogP contribution in [0.1, 0.15) is 18.4 Å². The Balaban J connectivity index is 1.77. The highest BCUT2D eigenvalue weighted by molar-refractivity contribution is 5.03. The molecular formula is C12H21N3O. The molecule has 2 rings (SSSR count). The summed E-state index contributed by atoms with van der Waals surface area (Å²) < 4.78 is 7.43. The van der Waals surface area contributed by atoms with Crippen LogP contribution in [-0.4, -0.2) is 36.6 Å². The third-order valence-electron chi connectivity index (χ3n) is 3.05. The average molecular weight is 223 g/mol. The number of hydrogen-bond acceptors (Lipinski definition) is 3. The van der Waals surface area contributed by atoms with Crippen molar-refractivity contribution in [2.24, 2.45) is 5.92 Å². The molecule has 90 valence electrons. The SMILES string of the molecule is CNCCCc1cnn(C[C@H]2CCOC2)c1. The second kappa shape index (κ2) is 6.01. The van der Waals surface area contributed by atoms with Crippen LogP contribution in [0.3, 0.4) is 0 Å². The largest absolute Gasteiger partial charge is 0.381 e. The third-order valence-corrected chi connectivity index (χ3v) is 3.05. The van der Waals surface area contributed by atoms with E-state index in [0.717, 1.165) is 32.7 Å². The van der Waals surface area contributed by atoms with Crippen LogP contribution in [0.5, 0.6) is 0 Å². The van der Waals surface area contributed by atoms with Gasteiger partial charge in [-0.05, 0) is 38.4 Å². The van der Waals surface area contributed by atoms with Gasteiger partial charge in [0.05, 0.1) is 12.8 Å². The minimum atomic E-state index is 0.657. The average Bonchev–Trinajstić information content (AvgIpc) is 2.91. The summed E-state index contributed by atoms with van der Waals surface area (Å²) >= 11 is 0. The Kier molecular flexibility index (Phi) is 4.36. The lowest BCUT2D eigenvalue weighted by Crippen LogP contribution is -2.10. The first-order chi connectivity index (χ1) is 7.88. The summed E-state index contributed by atoms with van der Waals surface area (Å²) in [5.41, 5.74) is 1.34. The van der Waals surface area contributed by atoms with Crippen molar-refractivity contribution in [3.8, 4) is 0 Å². The highest BCUT2D eigenvalue weighted by Crippen LogP contribution is 2.14. The summed E-state index contributed by atoms with van der Waals surface area (Å²) in [6.45, 7) is 3.89. The second-order valence-electron chi connectivity index (χ2n) is 4.51. The molecule has 4 heteroatoms. The van der Waals surface area contributed by atoms with E-state index in [9.17, 15) is 0 Å². The zero-order chi connectivity index (χ0) is 11.2. The van der Waals surface area contributed by atoms with E-state index in [1.165, 1.54) is 18.4 Å². The van der Waals surface area contributed by atoms with Crippen molar-refractivity contribution in [2.45, 2.75) is 25.8 Å². The van der Waals surface area contributed by atoms with Crippen LogP contribution >= 0.6 is 0 Å². The molecule has 1 N–H and O–H groups in total. The van der Waals surface area contributed by atoms with Crippen molar-refractivity contribution in [3.63, 3.8) is 0 Å². The van der Waals surface area contributed by atoms with Gasteiger partial charge in [-0.1, -0.05) is 0 Å². The molecule has 1 atom stereocenters. The summed E-state index contributed by atoms with van der Waals surface area (Å²) in [5.74, 6) is 0.657. The Bertz CT molecular complexity index is 305. The standard InChI is InChI=1S/C12H21N3O/c1-13-5-2-3-11-7-14-15(8-11)9-12-4-6-16-10-12/h7-8,12-13H,2-6,9-10H2,1H3/t12-/m1/s1. The van der Waals surface area contributed by atoms with Gasteiger partial charge in [-0.2, -0.15) is 5.10 Å². The van der Waals surface area contributed by atoms with E-state index in [2.05, 4.69) is 21.3 Å². The van der Waals surface area contributed by atoms with Crippen molar-refractivity contribution < 1.29 is 4.74 Å². The van der Waals surface area contributed by atoms with Gasteiger partial charge in [0.15, 0.2) is 0 Å². The van der Waals surface area contributed by atoms with Crippen LogP contribution in [0, 0.1) is 5.92 Å². The molecule has 0 radical (unpaired) electrons. The van der Waals surface area contributed by atoms with Gasteiger partial charge >= 0.3 is 0 Å². The highest BCUT2D eigenvalue weighted by Gasteiger charge is 2.16. The Morgan fingerprint density at radius 2 is 2.56 bits per heavy atom. The van der Waals surface area contributed by atoms with E-state index in [0.29, 0.717) is 5.92 Å². The van der Waals surface area contributed by atoms with Gasteiger partial charge in [-0.3, -0.25) is 4.68 Å². The second-order valence-corrected chi connectivity index (χ2v) is 4.51. The van der Waals surface area contributed by atoms with Crippen LogP contribution < -0.4 is 5.32 Å². The van der Waals surface area contributed by atoms with Gasteiger partial charge in [-0.15, -0.1) is 0 Å². The fourth-order valence-corrected chi connectivity index (χ4v) is 2.10. The van der Waals surface area contributed by atoms with E-state index in [1.807, 2.05) is 13.2 Å². The predicted octanol–water partition coefficient (Wildman–Crippen LogP) is 1.07. The lowest BCUT2D eigenvalue weighted by molar-refractivity contribution is 0.181. The maximum atomic E-state index is 5.37. The molecule has 0 unspecified atom stereocenters. The Labute approximate surface area is 97.0 Å². The molecule has 0 amide bonds. The lowest BCUT2D eigenvalue weighted by Gasteiger charge is -2.06. The minimum absolute atomic E-state index is 0.657. The lowest BCUT2D eigenvalue weighted by atomic mass is 10.1. The summed E-state index contributed by atoms with van der Waals surface area (Å²) in [6, 6.07) is 0. The number of ether oxygens (including phenoxy) is 1. The van der Waals surface area contributed by atoms with Crippen molar-refractivity contribution >= 4 is 0 Å². The van der Waals surface area contributed by atoms with Crippen LogP contribution in [-0.2, 0) is 17.7 Å². The molecule has 0 aromatic carbocycles. The molecule has 0 saturated carbocycles. The molecular weight excluding hydrogens is 202 g/mol. The molecule has 4 nitrogen and oxygen atoms in total. The first kappa shape index (κ1) is 11.6. The number of hydrogen-bond donors (Lipinski definition) is 1. The van der Waals surface area contributed by atoms with Gasteiger partial charge in [0.1, 0.15) is 0 Å². The van der Waals surface area contributed by atoms with E-state index in [-0.39, 0.29) is 0 Å². The Morgan fingerprint density at radius 1 is 1.62 bits per heavy atom. The molecule has 2 heterocycles. The molecule has 1 aliphatic heterocycles. The fourth-order valence-electron chi connectivity index (χ4n) is 2.10. The van der Waals surface area contributed by atoms with Gasteiger partial charge < -0.3 is 10.1 Å². The van der Waals surface area contributed by atoms with Gasteiger partial charge in [0.2, 0.25) is 0 Å². The Hall–Kier alpha value is -0.870. The number of nitrogens with zero attached hydrogens (tertiary/aromatic N) is 2. The fraction of sp³-hybridized carbons (Fsp3) is 0.750. The summed E-state index contributed by atoms with van der Waals surface area (Å²) in [7, 11) is 1.99. The smallest absolute Gasteiger partial charge is 0.0521 e. The topological polar surface area (TPSA) is 39.1 Å². The minimum Gasteiger partial charge on any atom is -0.381 e. The molecule has 0 aliphatic carbocycles. The molecule has 0 bridgehead atoms. The van der Waals surface area contributed by atoms with Crippen LogP contribution in [0.25, 0.3) is 0 Å². The number of aryl methyl sites for hydroxylation is 1. The monoisotopic (exact) mass is 223 g/mol. The first-order valence-corrected chi connectivity index (χ1v) is 6.12. The van der Waals surface area contributed by atoms with Crippen molar-refractivity contribution in [2.75, 3.05) is 26.8 Å². The molecule has 1 aliphatic rings. The molecule has 1 aromatic rings. The van der Waals surface area contributed by atoms with Crippen molar-refractivity contribution in [1.29, 1.82) is 0 Å². The zero-order valence-electron chi connectivity index (χ0n) is 9.98. The van der Waals surface area contributed by atoms with Gasteiger partial charge in [0.25, 0.3) is 0 Å².